The second kappa shape index (κ2) is 5.24. The van der Waals surface area contributed by atoms with Crippen LogP contribution in [0.1, 0.15) is 44.9 Å². The first kappa shape index (κ1) is 12.7. The van der Waals surface area contributed by atoms with Gasteiger partial charge in [0.1, 0.15) is 0 Å². The molecule has 94 valence electrons. The molecule has 0 aromatic rings. The summed E-state index contributed by atoms with van der Waals surface area (Å²) in [5.41, 5.74) is 0. The van der Waals surface area contributed by atoms with E-state index in [0.29, 0.717) is 0 Å². The molecule has 2 heterocycles. The van der Waals surface area contributed by atoms with Crippen molar-refractivity contribution in [2.45, 2.75) is 63.1 Å². The van der Waals surface area contributed by atoms with Gasteiger partial charge in [0.25, 0.3) is 0 Å². The standard InChI is InChI=1S/C13H24N2.ClH/c1-15(9-10-3-2-4-10)13-7-11-5-6-12(8-13)14-11;/h10-14H,2-9H2,1H3;1H. The number of hydrogen-bond acceptors (Lipinski definition) is 2. The van der Waals surface area contributed by atoms with Crippen molar-refractivity contribution in [2.24, 2.45) is 5.92 Å². The fourth-order valence-corrected chi connectivity index (χ4v) is 3.62. The van der Waals surface area contributed by atoms with E-state index in [-0.39, 0.29) is 12.4 Å². The van der Waals surface area contributed by atoms with E-state index in [4.69, 9.17) is 0 Å². The van der Waals surface area contributed by atoms with E-state index in [9.17, 15) is 0 Å². The second-order valence-corrected chi connectivity index (χ2v) is 6.00. The molecule has 0 spiro atoms. The maximum absolute atomic E-state index is 3.73. The Balaban J connectivity index is 0.000000963. The summed E-state index contributed by atoms with van der Waals surface area (Å²) in [7, 11) is 2.35. The van der Waals surface area contributed by atoms with Crippen molar-refractivity contribution in [1.29, 1.82) is 0 Å². The van der Waals surface area contributed by atoms with Gasteiger partial charge in [-0.25, -0.2) is 0 Å². The predicted octanol–water partition coefficient (Wildman–Crippen LogP) is 2.42. The second-order valence-electron chi connectivity index (χ2n) is 6.00. The molecule has 3 rings (SSSR count). The maximum atomic E-state index is 3.73. The first-order valence-electron chi connectivity index (χ1n) is 6.77. The van der Waals surface area contributed by atoms with Crippen LogP contribution < -0.4 is 5.32 Å². The Bertz CT molecular complexity index is 218. The van der Waals surface area contributed by atoms with Crippen molar-refractivity contribution in [3.63, 3.8) is 0 Å². The van der Waals surface area contributed by atoms with Crippen LogP contribution in [0.25, 0.3) is 0 Å². The van der Waals surface area contributed by atoms with E-state index in [1.54, 1.807) is 0 Å². The summed E-state index contributed by atoms with van der Waals surface area (Å²) in [5.74, 6) is 1.03. The van der Waals surface area contributed by atoms with Gasteiger partial charge >= 0.3 is 0 Å². The number of halogens is 1. The molecule has 0 aromatic carbocycles. The molecule has 16 heavy (non-hydrogen) atoms. The van der Waals surface area contributed by atoms with Crippen LogP contribution in [-0.4, -0.2) is 36.6 Å². The molecular weight excluding hydrogens is 220 g/mol. The molecule has 1 aliphatic carbocycles. The average Bonchev–Trinajstić information content (AvgIpc) is 2.51. The highest BCUT2D eigenvalue weighted by Gasteiger charge is 2.35. The van der Waals surface area contributed by atoms with E-state index in [1.165, 1.54) is 51.5 Å². The predicted molar refractivity (Wildman–Crippen MR) is 70.2 cm³/mol. The summed E-state index contributed by atoms with van der Waals surface area (Å²) in [5, 5.41) is 3.73. The van der Waals surface area contributed by atoms with E-state index in [2.05, 4.69) is 17.3 Å². The molecule has 3 aliphatic rings. The van der Waals surface area contributed by atoms with Crippen LogP contribution in [0.4, 0.5) is 0 Å². The maximum Gasteiger partial charge on any atom is 0.0122 e. The molecule has 2 unspecified atom stereocenters. The third-order valence-corrected chi connectivity index (χ3v) is 4.84. The number of piperidine rings is 1. The first-order chi connectivity index (χ1) is 7.31. The van der Waals surface area contributed by atoms with Crippen LogP contribution in [0.3, 0.4) is 0 Å². The molecule has 0 amide bonds. The van der Waals surface area contributed by atoms with Crippen molar-refractivity contribution in [1.82, 2.24) is 10.2 Å². The van der Waals surface area contributed by atoms with Gasteiger partial charge in [-0.05, 0) is 51.5 Å². The summed E-state index contributed by atoms with van der Waals surface area (Å²) in [6.07, 6.45) is 10.1. The normalized spacial score (nSPS) is 38.2. The Hall–Kier alpha value is 0.210. The van der Waals surface area contributed by atoms with Crippen molar-refractivity contribution < 1.29 is 0 Å². The lowest BCUT2D eigenvalue weighted by Crippen LogP contribution is -2.48. The Kier molecular flexibility index (Phi) is 4.15. The highest BCUT2D eigenvalue weighted by molar-refractivity contribution is 5.85. The minimum absolute atomic E-state index is 0. The van der Waals surface area contributed by atoms with Crippen LogP contribution in [0.2, 0.25) is 0 Å². The largest absolute Gasteiger partial charge is 0.311 e. The Morgan fingerprint density at radius 2 is 1.69 bits per heavy atom. The minimum Gasteiger partial charge on any atom is -0.311 e. The molecule has 2 aliphatic heterocycles. The number of rotatable bonds is 3. The van der Waals surface area contributed by atoms with Gasteiger partial charge in [0.15, 0.2) is 0 Å². The SMILES string of the molecule is CN(CC1CCC1)C1CC2CCC(C1)N2.Cl. The molecule has 2 nitrogen and oxygen atoms in total. The lowest BCUT2D eigenvalue weighted by molar-refractivity contribution is 0.125. The third kappa shape index (κ3) is 2.55. The monoisotopic (exact) mass is 244 g/mol. The van der Waals surface area contributed by atoms with E-state index >= 15 is 0 Å². The van der Waals surface area contributed by atoms with E-state index in [1.807, 2.05) is 0 Å². The van der Waals surface area contributed by atoms with Gasteiger partial charge in [-0.15, -0.1) is 12.4 Å². The van der Waals surface area contributed by atoms with Crippen molar-refractivity contribution in [3.8, 4) is 0 Å². The average molecular weight is 245 g/mol. The zero-order valence-electron chi connectivity index (χ0n) is 10.3. The molecule has 3 heteroatoms. The summed E-state index contributed by atoms with van der Waals surface area (Å²) in [6, 6.07) is 2.57. The lowest BCUT2D eigenvalue weighted by atomic mass is 9.84. The molecule has 0 radical (unpaired) electrons. The Labute approximate surface area is 106 Å². The van der Waals surface area contributed by atoms with Crippen molar-refractivity contribution in [2.75, 3.05) is 13.6 Å². The first-order valence-corrected chi connectivity index (χ1v) is 6.77. The molecule has 2 atom stereocenters. The summed E-state index contributed by atoms with van der Waals surface area (Å²) < 4.78 is 0. The topological polar surface area (TPSA) is 15.3 Å². The molecule has 2 bridgehead atoms. The number of nitrogens with one attached hydrogen (secondary N) is 1. The Morgan fingerprint density at radius 1 is 1.06 bits per heavy atom. The zero-order valence-corrected chi connectivity index (χ0v) is 11.1. The summed E-state index contributed by atoms with van der Waals surface area (Å²) in [6.45, 7) is 1.37. The lowest BCUT2D eigenvalue weighted by Gasteiger charge is -2.39. The Morgan fingerprint density at radius 3 is 2.19 bits per heavy atom. The smallest absolute Gasteiger partial charge is 0.0122 e. The molecule has 1 saturated carbocycles. The zero-order chi connectivity index (χ0) is 10.3. The van der Waals surface area contributed by atoms with E-state index in [0.717, 1.165) is 24.0 Å². The minimum atomic E-state index is 0. The van der Waals surface area contributed by atoms with Crippen molar-refractivity contribution >= 4 is 12.4 Å². The van der Waals surface area contributed by atoms with Gasteiger partial charge in [-0.1, -0.05) is 6.42 Å². The van der Waals surface area contributed by atoms with Gasteiger partial charge in [0, 0.05) is 24.7 Å². The van der Waals surface area contributed by atoms with Crippen LogP contribution in [0.5, 0.6) is 0 Å². The number of fused-ring (bicyclic) bond motifs is 2. The van der Waals surface area contributed by atoms with Crippen LogP contribution >= 0.6 is 12.4 Å². The van der Waals surface area contributed by atoms with Crippen LogP contribution in [0, 0.1) is 5.92 Å². The molecule has 1 N–H and O–H groups in total. The highest BCUT2D eigenvalue weighted by Crippen LogP contribution is 2.32. The fourth-order valence-electron chi connectivity index (χ4n) is 3.62. The fraction of sp³-hybridized carbons (Fsp3) is 1.00. The quantitative estimate of drug-likeness (QED) is 0.821. The third-order valence-electron chi connectivity index (χ3n) is 4.84. The van der Waals surface area contributed by atoms with E-state index < -0.39 is 0 Å². The van der Waals surface area contributed by atoms with Gasteiger partial charge in [-0.3, -0.25) is 0 Å². The van der Waals surface area contributed by atoms with Gasteiger partial charge in [-0.2, -0.15) is 0 Å². The highest BCUT2D eigenvalue weighted by atomic mass is 35.5. The molecular formula is C13H25ClN2. The summed E-state index contributed by atoms with van der Waals surface area (Å²) in [4.78, 5) is 2.66. The molecule has 0 aromatic heterocycles. The van der Waals surface area contributed by atoms with Gasteiger partial charge in [0.05, 0.1) is 0 Å². The molecule has 2 saturated heterocycles. The summed E-state index contributed by atoms with van der Waals surface area (Å²) >= 11 is 0. The van der Waals surface area contributed by atoms with Crippen LogP contribution in [-0.2, 0) is 0 Å². The van der Waals surface area contributed by atoms with Gasteiger partial charge in [0.2, 0.25) is 0 Å². The van der Waals surface area contributed by atoms with Gasteiger partial charge < -0.3 is 10.2 Å². The number of nitrogens with zero attached hydrogens (tertiary/aromatic N) is 1. The molecule has 3 fully saturated rings. The number of hydrogen-bond donors (Lipinski definition) is 1. The van der Waals surface area contributed by atoms with Crippen LogP contribution in [0.15, 0.2) is 0 Å². The van der Waals surface area contributed by atoms with Crippen molar-refractivity contribution in [3.05, 3.63) is 0 Å².